The molecule has 0 aliphatic rings. The van der Waals surface area contributed by atoms with Gasteiger partial charge in [-0.3, -0.25) is 10.1 Å². The van der Waals surface area contributed by atoms with Gasteiger partial charge in [0.1, 0.15) is 0 Å². The molecule has 48 valence electrons. The van der Waals surface area contributed by atoms with Gasteiger partial charge < -0.3 is 0 Å². The first kappa shape index (κ1) is 6.15. The molecule has 0 unspecified atom stereocenters. The molecule has 5 heteroatoms. The van der Waals surface area contributed by atoms with Crippen molar-refractivity contribution in [3.63, 3.8) is 0 Å². The third-order valence-corrected chi connectivity index (χ3v) is 1.63. The predicted octanol–water partition coefficient (Wildman–Crippen LogP) is 1.36. The molecule has 1 aromatic rings. The molecule has 1 heterocycles. The van der Waals surface area contributed by atoms with E-state index in [1.165, 1.54) is 6.07 Å². The fraction of sp³-hybridized carbons (Fsp3) is 0.250. The highest BCUT2D eigenvalue weighted by atomic mass is 32.1. The zero-order valence-corrected chi connectivity index (χ0v) is 5.51. The largest absolute Gasteiger partial charge is 0.343 e. The minimum atomic E-state index is -0.440. The second-order valence-electron chi connectivity index (χ2n) is 1.56. The summed E-state index contributed by atoms with van der Waals surface area (Å²) in [5.41, 5.74) is 0.701. The fourth-order valence-corrected chi connectivity index (χ4v) is 1.02. The van der Waals surface area contributed by atoms with Crippen LogP contribution >= 0.6 is 11.5 Å². The van der Waals surface area contributed by atoms with Crippen LogP contribution in [-0.4, -0.2) is 9.30 Å². The van der Waals surface area contributed by atoms with Crippen LogP contribution < -0.4 is 0 Å². The Morgan fingerprint density at radius 1 is 1.89 bits per heavy atom. The van der Waals surface area contributed by atoms with Crippen molar-refractivity contribution in [2.45, 2.75) is 6.92 Å². The van der Waals surface area contributed by atoms with Crippen LogP contribution in [0.15, 0.2) is 6.07 Å². The van der Waals surface area contributed by atoms with Gasteiger partial charge in [-0.1, -0.05) is 0 Å². The quantitative estimate of drug-likeness (QED) is 0.441. The average molecular weight is 144 g/mol. The summed E-state index contributed by atoms with van der Waals surface area (Å²) in [7, 11) is 0. The summed E-state index contributed by atoms with van der Waals surface area (Å²) < 4.78 is 3.74. The van der Waals surface area contributed by atoms with E-state index in [1.807, 2.05) is 0 Å². The SMILES string of the molecule is Cc1cc([N+](=O)[O-])sn1. The van der Waals surface area contributed by atoms with Gasteiger partial charge in [0, 0.05) is 11.5 Å². The molecule has 0 N–H and O–H groups in total. The number of rotatable bonds is 1. The van der Waals surface area contributed by atoms with Gasteiger partial charge in [-0.2, -0.15) is 4.37 Å². The molecule has 0 amide bonds. The van der Waals surface area contributed by atoms with Crippen molar-refractivity contribution < 1.29 is 4.92 Å². The van der Waals surface area contributed by atoms with Crippen LogP contribution in [-0.2, 0) is 0 Å². The molecule has 9 heavy (non-hydrogen) atoms. The van der Waals surface area contributed by atoms with Crippen molar-refractivity contribution in [3.05, 3.63) is 21.9 Å². The monoisotopic (exact) mass is 144 g/mol. The Labute approximate surface area is 55.5 Å². The molecule has 4 nitrogen and oxygen atoms in total. The fourth-order valence-electron chi connectivity index (χ4n) is 0.436. The van der Waals surface area contributed by atoms with Crippen LogP contribution in [0.1, 0.15) is 5.69 Å². The van der Waals surface area contributed by atoms with Crippen molar-refractivity contribution in [1.82, 2.24) is 4.37 Å². The molecule has 0 atom stereocenters. The van der Waals surface area contributed by atoms with E-state index >= 15 is 0 Å². The van der Waals surface area contributed by atoms with Crippen LogP contribution in [0, 0.1) is 17.0 Å². The maximum atomic E-state index is 9.99. The second kappa shape index (κ2) is 2.10. The Morgan fingerprint density at radius 2 is 2.56 bits per heavy atom. The van der Waals surface area contributed by atoms with Gasteiger partial charge in [-0.15, -0.1) is 0 Å². The van der Waals surface area contributed by atoms with E-state index in [-0.39, 0.29) is 5.00 Å². The molecular weight excluding hydrogens is 140 g/mol. The van der Waals surface area contributed by atoms with Crippen LogP contribution in [0.4, 0.5) is 5.00 Å². The van der Waals surface area contributed by atoms with E-state index in [1.54, 1.807) is 6.92 Å². The Morgan fingerprint density at radius 3 is 2.78 bits per heavy atom. The first-order valence-corrected chi connectivity index (χ1v) is 3.05. The van der Waals surface area contributed by atoms with E-state index in [2.05, 4.69) is 4.37 Å². The zero-order chi connectivity index (χ0) is 6.85. The van der Waals surface area contributed by atoms with Crippen LogP contribution in [0.25, 0.3) is 0 Å². The topological polar surface area (TPSA) is 56.0 Å². The Hall–Kier alpha value is -0.970. The second-order valence-corrected chi connectivity index (χ2v) is 2.35. The number of hydrogen-bond acceptors (Lipinski definition) is 4. The summed E-state index contributed by atoms with van der Waals surface area (Å²) in [5, 5.41) is 10.1. The van der Waals surface area contributed by atoms with Gasteiger partial charge in [0.15, 0.2) is 0 Å². The van der Waals surface area contributed by atoms with Crippen molar-refractivity contribution in [3.8, 4) is 0 Å². The van der Waals surface area contributed by atoms with E-state index < -0.39 is 4.92 Å². The number of aromatic nitrogens is 1. The maximum absolute atomic E-state index is 9.99. The van der Waals surface area contributed by atoms with Gasteiger partial charge in [0.25, 0.3) is 0 Å². The molecule has 0 aliphatic carbocycles. The minimum Gasteiger partial charge on any atom is -0.258 e. The third-order valence-electron chi connectivity index (χ3n) is 0.795. The molecule has 0 spiro atoms. The Balaban J connectivity index is 2.98. The van der Waals surface area contributed by atoms with Crippen LogP contribution in [0.2, 0.25) is 0 Å². The van der Waals surface area contributed by atoms with Gasteiger partial charge >= 0.3 is 5.00 Å². The third kappa shape index (κ3) is 1.23. The molecule has 1 aromatic heterocycles. The lowest BCUT2D eigenvalue weighted by Gasteiger charge is -1.76. The summed E-state index contributed by atoms with van der Waals surface area (Å²) in [5.74, 6) is 0. The summed E-state index contributed by atoms with van der Waals surface area (Å²) >= 11 is 0.909. The molecule has 0 aromatic carbocycles. The number of nitro groups is 1. The van der Waals surface area contributed by atoms with Crippen molar-refractivity contribution in [2.75, 3.05) is 0 Å². The molecule has 0 saturated carbocycles. The molecule has 0 bridgehead atoms. The highest BCUT2D eigenvalue weighted by Crippen LogP contribution is 2.17. The lowest BCUT2D eigenvalue weighted by atomic mass is 10.5. The summed E-state index contributed by atoms with van der Waals surface area (Å²) in [6.45, 7) is 1.73. The lowest BCUT2D eigenvalue weighted by Crippen LogP contribution is -1.80. The first-order valence-electron chi connectivity index (χ1n) is 2.28. The summed E-state index contributed by atoms with van der Waals surface area (Å²) in [6, 6.07) is 1.45. The summed E-state index contributed by atoms with van der Waals surface area (Å²) in [4.78, 5) is 9.55. The number of hydrogen-bond donors (Lipinski definition) is 0. The lowest BCUT2D eigenvalue weighted by molar-refractivity contribution is -0.380. The molecule has 0 radical (unpaired) electrons. The van der Waals surface area contributed by atoms with Gasteiger partial charge in [-0.05, 0) is 6.92 Å². The summed E-state index contributed by atoms with van der Waals surface area (Å²) in [6.07, 6.45) is 0. The molecule has 0 aliphatic heterocycles. The predicted molar refractivity (Wildman–Crippen MR) is 33.5 cm³/mol. The van der Waals surface area contributed by atoms with Crippen molar-refractivity contribution in [2.24, 2.45) is 0 Å². The Bertz CT molecular complexity index is 232. The smallest absolute Gasteiger partial charge is 0.258 e. The van der Waals surface area contributed by atoms with Gasteiger partial charge in [0.05, 0.1) is 16.7 Å². The highest BCUT2D eigenvalue weighted by Gasteiger charge is 2.07. The van der Waals surface area contributed by atoms with Gasteiger partial charge in [0.2, 0.25) is 0 Å². The van der Waals surface area contributed by atoms with Crippen molar-refractivity contribution >= 4 is 16.5 Å². The minimum absolute atomic E-state index is 0.104. The first-order chi connectivity index (χ1) is 4.20. The van der Waals surface area contributed by atoms with E-state index in [9.17, 15) is 10.1 Å². The highest BCUT2D eigenvalue weighted by molar-refractivity contribution is 7.09. The van der Waals surface area contributed by atoms with Gasteiger partial charge in [-0.25, -0.2) is 0 Å². The molecular formula is C4H4N2O2S. The molecule has 1 rings (SSSR count). The average Bonchev–Trinajstić information content (AvgIpc) is 2.14. The van der Waals surface area contributed by atoms with Crippen LogP contribution in [0.5, 0.6) is 0 Å². The van der Waals surface area contributed by atoms with Crippen molar-refractivity contribution in [1.29, 1.82) is 0 Å². The van der Waals surface area contributed by atoms with Crippen LogP contribution in [0.3, 0.4) is 0 Å². The Kier molecular flexibility index (Phi) is 1.44. The van der Waals surface area contributed by atoms with E-state index in [0.29, 0.717) is 5.69 Å². The normalized spacial score (nSPS) is 9.44. The van der Waals surface area contributed by atoms with E-state index in [4.69, 9.17) is 0 Å². The molecule has 0 saturated heterocycles. The number of nitrogens with zero attached hydrogens (tertiary/aromatic N) is 2. The van der Waals surface area contributed by atoms with E-state index in [0.717, 1.165) is 11.5 Å². The number of aryl methyl sites for hydroxylation is 1. The zero-order valence-electron chi connectivity index (χ0n) is 4.70. The molecule has 0 fully saturated rings. The maximum Gasteiger partial charge on any atom is 0.343 e. The standard InChI is InChI=1S/C4H4N2O2S/c1-3-2-4(6(7)8)9-5-3/h2H,1H3.